The van der Waals surface area contributed by atoms with E-state index in [1.165, 1.54) is 31.4 Å². The SMILES string of the molecule is COC(=O)[C@@H]1C[C@@H]2CCCN(C(=O)c3ccc([N+](=O)[O-])cc3)[C@@H]2C1. The zero-order valence-corrected chi connectivity index (χ0v) is 13.5. The van der Waals surface area contributed by atoms with Crippen molar-refractivity contribution in [3.05, 3.63) is 39.9 Å². The highest BCUT2D eigenvalue weighted by Gasteiger charge is 2.44. The first-order valence-corrected chi connectivity index (χ1v) is 8.14. The van der Waals surface area contributed by atoms with E-state index in [1.54, 1.807) is 0 Å². The number of amides is 1. The van der Waals surface area contributed by atoms with Crippen LogP contribution in [-0.4, -0.2) is 41.4 Å². The minimum absolute atomic E-state index is 0.0327. The van der Waals surface area contributed by atoms with Crippen LogP contribution < -0.4 is 0 Å². The molecule has 1 aliphatic heterocycles. The first-order valence-electron chi connectivity index (χ1n) is 8.14. The lowest BCUT2D eigenvalue weighted by Crippen LogP contribution is -2.46. The number of ether oxygens (including phenoxy) is 1. The Balaban J connectivity index is 1.76. The lowest BCUT2D eigenvalue weighted by atomic mass is 9.91. The van der Waals surface area contributed by atoms with Crippen LogP contribution in [0.4, 0.5) is 5.69 Å². The number of hydrogen-bond acceptors (Lipinski definition) is 5. The Kier molecular flexibility index (Phi) is 4.51. The standard InChI is InChI=1S/C17H20N2O5/c1-24-17(21)13-9-12-3-2-8-18(15(12)10-13)16(20)11-4-6-14(7-5-11)19(22)23/h4-7,12-13,15H,2-3,8-10H2,1H3/t12-,13+,15+/m0/s1. The number of methoxy groups -OCH3 is 1. The molecule has 0 radical (unpaired) electrons. The average Bonchev–Trinajstić information content (AvgIpc) is 3.04. The molecule has 0 unspecified atom stereocenters. The van der Waals surface area contributed by atoms with Crippen molar-refractivity contribution < 1.29 is 19.2 Å². The fraction of sp³-hybridized carbons (Fsp3) is 0.529. The molecule has 1 aromatic rings. The van der Waals surface area contributed by atoms with E-state index in [9.17, 15) is 19.7 Å². The summed E-state index contributed by atoms with van der Waals surface area (Å²) in [6.45, 7) is 0.658. The van der Waals surface area contributed by atoms with Crippen molar-refractivity contribution in [1.29, 1.82) is 0 Å². The van der Waals surface area contributed by atoms with E-state index < -0.39 is 4.92 Å². The summed E-state index contributed by atoms with van der Waals surface area (Å²) in [4.78, 5) is 36.7. The lowest BCUT2D eigenvalue weighted by molar-refractivity contribution is -0.384. The van der Waals surface area contributed by atoms with Crippen molar-refractivity contribution in [3.8, 4) is 0 Å². The fourth-order valence-electron chi connectivity index (χ4n) is 3.99. The first-order chi connectivity index (χ1) is 11.5. The molecule has 0 spiro atoms. The molecule has 1 saturated carbocycles. The minimum Gasteiger partial charge on any atom is -0.469 e. The Labute approximate surface area is 139 Å². The van der Waals surface area contributed by atoms with Crippen molar-refractivity contribution in [2.24, 2.45) is 11.8 Å². The maximum absolute atomic E-state index is 12.8. The minimum atomic E-state index is -0.483. The Hall–Kier alpha value is -2.44. The second kappa shape index (κ2) is 6.59. The third-order valence-corrected chi connectivity index (χ3v) is 5.15. The van der Waals surface area contributed by atoms with Crippen LogP contribution in [0.2, 0.25) is 0 Å². The summed E-state index contributed by atoms with van der Waals surface area (Å²) in [5.41, 5.74) is 0.414. The van der Waals surface area contributed by atoms with Gasteiger partial charge in [-0.05, 0) is 43.7 Å². The molecule has 1 aliphatic carbocycles. The number of esters is 1. The summed E-state index contributed by atoms with van der Waals surface area (Å²) in [6.07, 6.45) is 3.33. The van der Waals surface area contributed by atoms with Gasteiger partial charge in [0.25, 0.3) is 11.6 Å². The number of fused-ring (bicyclic) bond motifs is 1. The molecule has 0 aromatic heterocycles. The number of carbonyl (C=O) groups is 2. The molecule has 1 amide bonds. The third kappa shape index (κ3) is 2.98. The highest BCUT2D eigenvalue weighted by Crippen LogP contribution is 2.41. The molecule has 128 valence electrons. The highest BCUT2D eigenvalue weighted by molar-refractivity contribution is 5.94. The van der Waals surface area contributed by atoms with Crippen molar-refractivity contribution in [2.45, 2.75) is 31.7 Å². The van der Waals surface area contributed by atoms with Gasteiger partial charge in [0.1, 0.15) is 0 Å². The number of nitro benzene ring substituents is 1. The van der Waals surface area contributed by atoms with Gasteiger partial charge in [-0.25, -0.2) is 0 Å². The molecule has 7 heteroatoms. The van der Waals surface area contributed by atoms with E-state index in [4.69, 9.17) is 4.74 Å². The quantitative estimate of drug-likeness (QED) is 0.482. The van der Waals surface area contributed by atoms with E-state index in [0.29, 0.717) is 24.4 Å². The molecule has 3 atom stereocenters. The summed E-state index contributed by atoms with van der Waals surface area (Å²) < 4.78 is 4.85. The van der Waals surface area contributed by atoms with Crippen molar-refractivity contribution in [1.82, 2.24) is 4.90 Å². The number of benzene rings is 1. The van der Waals surface area contributed by atoms with Crippen molar-refractivity contribution >= 4 is 17.6 Å². The van der Waals surface area contributed by atoms with E-state index in [1.807, 2.05) is 4.90 Å². The maximum Gasteiger partial charge on any atom is 0.308 e. The monoisotopic (exact) mass is 332 g/mol. The number of carbonyl (C=O) groups excluding carboxylic acids is 2. The van der Waals surface area contributed by atoms with Gasteiger partial charge in [-0.3, -0.25) is 19.7 Å². The molecular formula is C17H20N2O5. The van der Waals surface area contributed by atoms with Crippen LogP contribution in [0, 0.1) is 22.0 Å². The Morgan fingerprint density at radius 2 is 1.96 bits per heavy atom. The summed E-state index contributed by atoms with van der Waals surface area (Å²) >= 11 is 0. The third-order valence-electron chi connectivity index (χ3n) is 5.15. The Morgan fingerprint density at radius 3 is 2.58 bits per heavy atom. The van der Waals surface area contributed by atoms with Crippen molar-refractivity contribution in [2.75, 3.05) is 13.7 Å². The normalized spacial score (nSPS) is 25.9. The van der Waals surface area contributed by atoms with Crippen LogP contribution in [0.3, 0.4) is 0 Å². The predicted octanol–water partition coefficient (Wildman–Crippen LogP) is 2.40. The van der Waals surface area contributed by atoms with Crippen LogP contribution in [-0.2, 0) is 9.53 Å². The molecule has 1 aromatic carbocycles. The van der Waals surface area contributed by atoms with Crippen LogP contribution in [0.1, 0.15) is 36.0 Å². The number of hydrogen-bond donors (Lipinski definition) is 0. The molecule has 0 N–H and O–H groups in total. The van der Waals surface area contributed by atoms with Crippen LogP contribution in [0.15, 0.2) is 24.3 Å². The molecule has 0 bridgehead atoms. The zero-order valence-electron chi connectivity index (χ0n) is 13.5. The van der Waals surface area contributed by atoms with Gasteiger partial charge >= 0.3 is 5.97 Å². The highest BCUT2D eigenvalue weighted by atomic mass is 16.6. The number of nitrogens with zero attached hydrogens (tertiary/aromatic N) is 2. The van der Waals surface area contributed by atoms with Gasteiger partial charge in [-0.15, -0.1) is 0 Å². The van der Waals surface area contributed by atoms with Crippen molar-refractivity contribution in [3.63, 3.8) is 0 Å². The first kappa shape index (κ1) is 16.4. The van der Waals surface area contributed by atoms with Gasteiger partial charge in [0.05, 0.1) is 18.0 Å². The number of likely N-dealkylation sites (tertiary alicyclic amines) is 1. The van der Waals surface area contributed by atoms with Gasteiger partial charge in [0.15, 0.2) is 0 Å². The molecule has 3 rings (SSSR count). The molecular weight excluding hydrogens is 312 g/mol. The summed E-state index contributed by atoms with van der Waals surface area (Å²) in [5, 5.41) is 10.7. The smallest absolute Gasteiger partial charge is 0.308 e. The summed E-state index contributed by atoms with van der Waals surface area (Å²) in [5.74, 6) is -0.141. The van der Waals surface area contributed by atoms with Gasteiger partial charge in [0, 0.05) is 30.3 Å². The largest absolute Gasteiger partial charge is 0.469 e. The second-order valence-corrected chi connectivity index (χ2v) is 6.46. The number of piperidine rings is 1. The number of nitro groups is 1. The summed E-state index contributed by atoms with van der Waals surface area (Å²) in [6, 6.07) is 5.74. The molecule has 1 saturated heterocycles. The predicted molar refractivity (Wildman–Crippen MR) is 85.4 cm³/mol. The van der Waals surface area contributed by atoms with Gasteiger partial charge in [-0.2, -0.15) is 0 Å². The van der Waals surface area contributed by atoms with Gasteiger partial charge in [-0.1, -0.05) is 0 Å². The second-order valence-electron chi connectivity index (χ2n) is 6.46. The molecule has 24 heavy (non-hydrogen) atoms. The average molecular weight is 332 g/mol. The van der Waals surface area contributed by atoms with E-state index >= 15 is 0 Å². The van der Waals surface area contributed by atoms with Gasteiger partial charge < -0.3 is 9.64 Å². The molecule has 1 heterocycles. The Morgan fingerprint density at radius 1 is 1.25 bits per heavy atom. The molecule has 7 nitrogen and oxygen atoms in total. The van der Waals surface area contributed by atoms with E-state index in [-0.39, 0.29) is 29.5 Å². The fourth-order valence-corrected chi connectivity index (χ4v) is 3.99. The maximum atomic E-state index is 12.8. The van der Waals surface area contributed by atoms with Crippen LogP contribution in [0.25, 0.3) is 0 Å². The number of non-ortho nitro benzene ring substituents is 1. The lowest BCUT2D eigenvalue weighted by Gasteiger charge is -2.37. The summed E-state index contributed by atoms with van der Waals surface area (Å²) in [7, 11) is 1.39. The van der Waals surface area contributed by atoms with Crippen LogP contribution >= 0.6 is 0 Å². The van der Waals surface area contributed by atoms with Crippen LogP contribution in [0.5, 0.6) is 0 Å². The van der Waals surface area contributed by atoms with Gasteiger partial charge in [0.2, 0.25) is 0 Å². The topological polar surface area (TPSA) is 89.8 Å². The number of rotatable bonds is 3. The zero-order chi connectivity index (χ0) is 17.3. The molecule has 2 fully saturated rings. The molecule has 2 aliphatic rings. The Bertz CT molecular complexity index is 657. The van der Waals surface area contributed by atoms with E-state index in [0.717, 1.165) is 19.3 Å². The van der Waals surface area contributed by atoms with E-state index in [2.05, 4.69) is 0 Å².